The van der Waals surface area contributed by atoms with Gasteiger partial charge in [0, 0.05) is 12.1 Å². The number of methoxy groups -OCH3 is 1. The number of hydrogen-bond acceptors (Lipinski definition) is 4. The van der Waals surface area contributed by atoms with E-state index in [0.717, 1.165) is 6.07 Å². The van der Waals surface area contributed by atoms with Gasteiger partial charge < -0.3 is 14.2 Å². The molecule has 0 unspecified atom stereocenters. The molecule has 0 saturated carbocycles. The molecule has 0 fully saturated rings. The van der Waals surface area contributed by atoms with Gasteiger partial charge in [0.1, 0.15) is 5.60 Å². The molecule has 0 aromatic heterocycles. The number of benzene rings is 1. The van der Waals surface area contributed by atoms with Gasteiger partial charge in [0.2, 0.25) is 0 Å². The fourth-order valence-corrected chi connectivity index (χ4v) is 1.51. The first-order valence-electron chi connectivity index (χ1n) is 5.17. The van der Waals surface area contributed by atoms with E-state index < -0.39 is 17.6 Å². The molecule has 0 saturated heterocycles. The molecule has 0 aliphatic rings. The number of carbonyl (C=O) groups is 1. The Balaban J connectivity index is 2.86. The molecular weight excluding hydrogens is 307 g/mol. The third kappa shape index (κ3) is 4.18. The Bertz CT molecular complexity index is 454. The van der Waals surface area contributed by atoms with Crippen molar-refractivity contribution in [3.05, 3.63) is 22.4 Å². The zero-order chi connectivity index (χ0) is 13.9. The smallest absolute Gasteiger partial charge is 0.494 e. The normalized spacial score (nSPS) is 11.0. The number of halogens is 2. The molecule has 18 heavy (non-hydrogen) atoms. The van der Waals surface area contributed by atoms with Crippen LogP contribution in [0.25, 0.3) is 0 Å². The van der Waals surface area contributed by atoms with Crippen molar-refractivity contribution in [2.24, 2.45) is 0 Å². The first kappa shape index (κ1) is 14.8. The molecule has 1 aromatic rings. The van der Waals surface area contributed by atoms with Crippen molar-refractivity contribution in [1.82, 2.24) is 0 Å². The topological polar surface area (TPSA) is 44.8 Å². The molecule has 1 aromatic carbocycles. The lowest BCUT2D eigenvalue weighted by Gasteiger charge is -2.19. The van der Waals surface area contributed by atoms with Crippen LogP contribution in [0, 0.1) is 5.82 Å². The van der Waals surface area contributed by atoms with Gasteiger partial charge in [-0.3, -0.25) is 0 Å². The highest BCUT2D eigenvalue weighted by molar-refractivity contribution is 9.10. The number of carbonyl (C=O) groups excluding carboxylic acids is 1. The first-order valence-corrected chi connectivity index (χ1v) is 5.96. The predicted octanol–water partition coefficient (Wildman–Crippen LogP) is 3.91. The van der Waals surface area contributed by atoms with Gasteiger partial charge in [-0.25, -0.2) is 9.18 Å². The quantitative estimate of drug-likeness (QED) is 0.612. The summed E-state index contributed by atoms with van der Waals surface area (Å²) >= 11 is 3.15. The summed E-state index contributed by atoms with van der Waals surface area (Å²) in [5.74, 6) is -0.541. The van der Waals surface area contributed by atoms with Gasteiger partial charge >= 0.3 is 6.16 Å². The second-order valence-corrected chi connectivity index (χ2v) is 5.34. The maximum absolute atomic E-state index is 13.4. The molecule has 100 valence electrons. The molecule has 0 atom stereocenters. The van der Waals surface area contributed by atoms with E-state index in [1.807, 2.05) is 0 Å². The minimum absolute atomic E-state index is 0.0301. The SMILES string of the molecule is COc1cc(Br)c(OC(=O)OC(C)(C)C)cc1F. The van der Waals surface area contributed by atoms with Crippen molar-refractivity contribution in [2.75, 3.05) is 7.11 Å². The Hall–Kier alpha value is -1.30. The lowest BCUT2D eigenvalue weighted by molar-refractivity contribution is 0.0204. The summed E-state index contributed by atoms with van der Waals surface area (Å²) in [6.07, 6.45) is -0.896. The summed E-state index contributed by atoms with van der Waals surface area (Å²) < 4.78 is 28.5. The third-order valence-corrected chi connectivity index (χ3v) is 2.41. The summed E-state index contributed by atoms with van der Waals surface area (Å²) in [6, 6.07) is 2.42. The lowest BCUT2D eigenvalue weighted by Crippen LogP contribution is -2.26. The zero-order valence-corrected chi connectivity index (χ0v) is 12.1. The van der Waals surface area contributed by atoms with E-state index in [0.29, 0.717) is 4.47 Å². The van der Waals surface area contributed by atoms with Crippen LogP contribution in [0.1, 0.15) is 20.8 Å². The van der Waals surface area contributed by atoms with Crippen molar-refractivity contribution >= 4 is 22.1 Å². The minimum Gasteiger partial charge on any atom is -0.494 e. The largest absolute Gasteiger partial charge is 0.514 e. The molecule has 0 amide bonds. The van der Waals surface area contributed by atoms with Crippen LogP contribution in [0.15, 0.2) is 16.6 Å². The van der Waals surface area contributed by atoms with E-state index in [-0.39, 0.29) is 11.5 Å². The highest BCUT2D eigenvalue weighted by atomic mass is 79.9. The maximum Gasteiger partial charge on any atom is 0.514 e. The molecule has 1 rings (SSSR count). The Morgan fingerprint density at radius 2 is 1.89 bits per heavy atom. The zero-order valence-electron chi connectivity index (χ0n) is 10.5. The van der Waals surface area contributed by atoms with Crippen LogP contribution in [0.2, 0.25) is 0 Å². The average molecular weight is 321 g/mol. The predicted molar refractivity (Wildman–Crippen MR) is 67.5 cm³/mol. The summed E-state index contributed by atoms with van der Waals surface area (Å²) in [5, 5.41) is 0. The van der Waals surface area contributed by atoms with Gasteiger partial charge in [-0.1, -0.05) is 0 Å². The molecule has 4 nitrogen and oxygen atoms in total. The van der Waals surface area contributed by atoms with E-state index in [4.69, 9.17) is 14.2 Å². The van der Waals surface area contributed by atoms with E-state index in [9.17, 15) is 9.18 Å². The molecule has 0 spiro atoms. The van der Waals surface area contributed by atoms with Crippen LogP contribution in [0.3, 0.4) is 0 Å². The number of ether oxygens (including phenoxy) is 3. The first-order chi connectivity index (χ1) is 8.23. The highest BCUT2D eigenvalue weighted by Crippen LogP contribution is 2.32. The Morgan fingerprint density at radius 3 is 2.39 bits per heavy atom. The van der Waals surface area contributed by atoms with Crippen LogP contribution in [-0.4, -0.2) is 18.9 Å². The summed E-state index contributed by atoms with van der Waals surface area (Å²) in [7, 11) is 1.35. The lowest BCUT2D eigenvalue weighted by atomic mass is 10.2. The van der Waals surface area contributed by atoms with Gasteiger partial charge in [0.05, 0.1) is 11.6 Å². The molecule has 0 radical (unpaired) electrons. The van der Waals surface area contributed by atoms with Crippen LogP contribution < -0.4 is 9.47 Å². The Morgan fingerprint density at radius 1 is 1.28 bits per heavy atom. The monoisotopic (exact) mass is 320 g/mol. The van der Waals surface area contributed by atoms with Crippen LogP contribution >= 0.6 is 15.9 Å². The number of hydrogen-bond donors (Lipinski definition) is 0. The van der Waals surface area contributed by atoms with Crippen molar-refractivity contribution in [3.63, 3.8) is 0 Å². The summed E-state index contributed by atoms with van der Waals surface area (Å²) in [5.41, 5.74) is -0.672. The summed E-state index contributed by atoms with van der Waals surface area (Å²) in [4.78, 5) is 11.4. The van der Waals surface area contributed by atoms with Gasteiger partial charge in [-0.15, -0.1) is 0 Å². The minimum atomic E-state index is -0.896. The maximum atomic E-state index is 13.4. The molecular formula is C12H14BrFO4. The third-order valence-electron chi connectivity index (χ3n) is 1.79. The Labute approximate surface area is 113 Å². The molecule has 0 N–H and O–H groups in total. The molecule has 0 aliphatic heterocycles. The second-order valence-electron chi connectivity index (χ2n) is 4.48. The van der Waals surface area contributed by atoms with E-state index in [1.165, 1.54) is 13.2 Å². The van der Waals surface area contributed by atoms with Crippen LogP contribution in [0.5, 0.6) is 11.5 Å². The standard InChI is InChI=1S/C12H14BrFO4/c1-12(2,3)18-11(15)17-9-6-8(14)10(16-4)5-7(9)13/h5-6H,1-4H3. The van der Waals surface area contributed by atoms with Gasteiger partial charge in [0.25, 0.3) is 0 Å². The van der Waals surface area contributed by atoms with E-state index in [1.54, 1.807) is 20.8 Å². The van der Waals surface area contributed by atoms with Gasteiger partial charge in [-0.05, 0) is 36.7 Å². The fraction of sp³-hybridized carbons (Fsp3) is 0.417. The van der Waals surface area contributed by atoms with Crippen molar-refractivity contribution in [2.45, 2.75) is 26.4 Å². The molecule has 0 heterocycles. The van der Waals surface area contributed by atoms with E-state index in [2.05, 4.69) is 15.9 Å². The second kappa shape index (κ2) is 5.56. The Kier molecular flexibility index (Phi) is 4.56. The fourth-order valence-electron chi connectivity index (χ4n) is 1.11. The van der Waals surface area contributed by atoms with Gasteiger partial charge in [-0.2, -0.15) is 0 Å². The van der Waals surface area contributed by atoms with Crippen LogP contribution in [0.4, 0.5) is 9.18 Å². The van der Waals surface area contributed by atoms with Gasteiger partial charge in [0.15, 0.2) is 17.3 Å². The molecule has 0 bridgehead atoms. The summed E-state index contributed by atoms with van der Waals surface area (Å²) in [6.45, 7) is 5.12. The average Bonchev–Trinajstić information content (AvgIpc) is 2.20. The van der Waals surface area contributed by atoms with Crippen molar-refractivity contribution in [3.8, 4) is 11.5 Å². The van der Waals surface area contributed by atoms with E-state index >= 15 is 0 Å². The highest BCUT2D eigenvalue weighted by Gasteiger charge is 2.20. The molecule has 0 aliphatic carbocycles. The van der Waals surface area contributed by atoms with Crippen molar-refractivity contribution in [1.29, 1.82) is 0 Å². The molecule has 6 heteroatoms. The number of rotatable bonds is 2. The van der Waals surface area contributed by atoms with Crippen molar-refractivity contribution < 1.29 is 23.4 Å². The van der Waals surface area contributed by atoms with Crippen LogP contribution in [-0.2, 0) is 4.74 Å².